The Balaban J connectivity index is 1.62. The van der Waals surface area contributed by atoms with Crippen LogP contribution in [-0.4, -0.2) is 25.0 Å². The topological polar surface area (TPSA) is 104 Å². The van der Waals surface area contributed by atoms with E-state index in [-0.39, 0.29) is 17.7 Å². The second-order valence-electron chi connectivity index (χ2n) is 9.15. The van der Waals surface area contributed by atoms with Gasteiger partial charge in [-0.3, -0.25) is 14.3 Å². The van der Waals surface area contributed by atoms with Crippen molar-refractivity contribution < 1.29 is 18.0 Å². The van der Waals surface area contributed by atoms with Crippen molar-refractivity contribution >= 4 is 38.9 Å². The molecule has 0 radical (unpaired) electrons. The van der Waals surface area contributed by atoms with Crippen LogP contribution in [0.3, 0.4) is 0 Å². The van der Waals surface area contributed by atoms with E-state index in [1.807, 2.05) is 0 Å². The Labute approximate surface area is 190 Å². The Morgan fingerprint density at radius 2 is 1.44 bits per heavy atom. The van der Waals surface area contributed by atoms with E-state index < -0.39 is 14.8 Å². The lowest BCUT2D eigenvalue weighted by Crippen LogP contribution is -2.33. The molecule has 1 saturated carbocycles. The summed E-state index contributed by atoms with van der Waals surface area (Å²) in [5.41, 5.74) is 1.99. The highest BCUT2D eigenvalue weighted by Gasteiger charge is 2.28. The van der Waals surface area contributed by atoms with E-state index in [0.29, 0.717) is 22.6 Å². The van der Waals surface area contributed by atoms with Crippen LogP contribution in [0, 0.1) is 5.92 Å². The second kappa shape index (κ2) is 9.73. The maximum atomic E-state index is 12.6. The van der Waals surface area contributed by atoms with Crippen LogP contribution in [0.5, 0.6) is 0 Å². The number of nitrogens with one attached hydrogen (secondary N) is 3. The van der Waals surface area contributed by atoms with Gasteiger partial charge in [0.05, 0.1) is 4.75 Å². The van der Waals surface area contributed by atoms with E-state index in [2.05, 4.69) is 15.4 Å². The molecule has 3 N–H and O–H groups in total. The van der Waals surface area contributed by atoms with Gasteiger partial charge in [-0.15, -0.1) is 0 Å². The fourth-order valence-electron chi connectivity index (χ4n) is 3.48. The lowest BCUT2D eigenvalue weighted by molar-refractivity contribution is -0.120. The largest absolute Gasteiger partial charge is 0.326 e. The van der Waals surface area contributed by atoms with Gasteiger partial charge in [0.1, 0.15) is 0 Å². The highest BCUT2D eigenvalue weighted by molar-refractivity contribution is 7.94. The van der Waals surface area contributed by atoms with E-state index in [4.69, 9.17) is 0 Å². The molecule has 0 spiro atoms. The molecule has 1 aliphatic rings. The minimum Gasteiger partial charge on any atom is -0.326 e. The molecule has 0 saturated heterocycles. The van der Waals surface area contributed by atoms with Crippen molar-refractivity contribution in [3.63, 3.8) is 0 Å². The maximum Gasteiger partial charge on any atom is 0.255 e. The Hall–Kier alpha value is -2.87. The van der Waals surface area contributed by atoms with E-state index in [9.17, 15) is 18.0 Å². The summed E-state index contributed by atoms with van der Waals surface area (Å²) < 4.78 is 26.1. The summed E-state index contributed by atoms with van der Waals surface area (Å²) in [7, 11) is -3.54. The molecule has 3 rings (SSSR count). The first-order valence-corrected chi connectivity index (χ1v) is 12.4. The number of hydrogen-bond acceptors (Lipinski definition) is 4. The highest BCUT2D eigenvalue weighted by Crippen LogP contribution is 2.26. The van der Waals surface area contributed by atoms with Gasteiger partial charge in [0.25, 0.3) is 5.91 Å². The smallest absolute Gasteiger partial charge is 0.255 e. The van der Waals surface area contributed by atoms with Gasteiger partial charge in [0.15, 0.2) is 0 Å². The molecule has 2 amide bonds. The molecular formula is C24H31N3O4S. The first-order chi connectivity index (χ1) is 15.0. The van der Waals surface area contributed by atoms with Crippen molar-refractivity contribution in [1.29, 1.82) is 0 Å². The van der Waals surface area contributed by atoms with Gasteiger partial charge in [-0.2, -0.15) is 0 Å². The monoisotopic (exact) mass is 457 g/mol. The molecule has 172 valence electrons. The van der Waals surface area contributed by atoms with Crippen LogP contribution >= 0.6 is 0 Å². The molecule has 2 aromatic carbocycles. The minimum atomic E-state index is -3.54. The van der Waals surface area contributed by atoms with Gasteiger partial charge in [-0.05, 0) is 76.1 Å². The zero-order valence-electron chi connectivity index (χ0n) is 18.8. The molecule has 1 fully saturated rings. The Kier molecular flexibility index (Phi) is 7.23. The summed E-state index contributed by atoms with van der Waals surface area (Å²) in [5, 5.41) is 5.77. The molecule has 8 heteroatoms. The third kappa shape index (κ3) is 6.09. The summed E-state index contributed by atoms with van der Waals surface area (Å²) >= 11 is 0. The first kappa shape index (κ1) is 23.8. The predicted molar refractivity (Wildman–Crippen MR) is 128 cm³/mol. The fourth-order valence-corrected chi connectivity index (χ4v) is 4.24. The highest BCUT2D eigenvalue weighted by atomic mass is 32.2. The number of carbonyl (C=O) groups is 2. The van der Waals surface area contributed by atoms with Crippen molar-refractivity contribution in [2.75, 3.05) is 15.4 Å². The van der Waals surface area contributed by atoms with Crippen molar-refractivity contribution in [2.45, 2.75) is 57.6 Å². The average Bonchev–Trinajstić information content (AvgIpc) is 2.74. The van der Waals surface area contributed by atoms with Crippen molar-refractivity contribution in [2.24, 2.45) is 5.92 Å². The third-order valence-electron chi connectivity index (χ3n) is 5.57. The van der Waals surface area contributed by atoms with Gasteiger partial charge >= 0.3 is 0 Å². The average molecular weight is 458 g/mol. The molecule has 2 aromatic rings. The SMILES string of the molecule is CC(C)(C)S(=O)(=O)Nc1ccc(C(=O)Nc2cccc(NC(=O)C3CCCCC3)c2)cc1. The molecule has 0 atom stereocenters. The van der Waals surface area contributed by atoms with Crippen LogP contribution in [-0.2, 0) is 14.8 Å². The first-order valence-electron chi connectivity index (χ1n) is 10.9. The van der Waals surface area contributed by atoms with Crippen LogP contribution in [0.1, 0.15) is 63.2 Å². The van der Waals surface area contributed by atoms with Crippen molar-refractivity contribution in [3.8, 4) is 0 Å². The molecule has 0 heterocycles. The molecule has 32 heavy (non-hydrogen) atoms. The van der Waals surface area contributed by atoms with Gasteiger partial charge in [-0.25, -0.2) is 8.42 Å². The van der Waals surface area contributed by atoms with Crippen LogP contribution in [0.15, 0.2) is 48.5 Å². The number of hydrogen-bond donors (Lipinski definition) is 3. The number of sulfonamides is 1. The van der Waals surface area contributed by atoms with Crippen LogP contribution in [0.25, 0.3) is 0 Å². The quantitative estimate of drug-likeness (QED) is 0.568. The van der Waals surface area contributed by atoms with E-state index in [1.54, 1.807) is 69.3 Å². The van der Waals surface area contributed by atoms with Crippen molar-refractivity contribution in [1.82, 2.24) is 0 Å². The minimum absolute atomic E-state index is 0.0291. The summed E-state index contributed by atoms with van der Waals surface area (Å²) in [6.45, 7) is 4.84. The van der Waals surface area contributed by atoms with Crippen molar-refractivity contribution in [3.05, 3.63) is 54.1 Å². The molecule has 0 bridgehead atoms. The molecule has 0 unspecified atom stereocenters. The molecule has 0 aromatic heterocycles. The summed E-state index contributed by atoms with van der Waals surface area (Å²) in [5.74, 6) is -0.247. The van der Waals surface area contributed by atoms with Gasteiger partial charge in [-0.1, -0.05) is 25.3 Å². The van der Waals surface area contributed by atoms with Crippen LogP contribution in [0.4, 0.5) is 17.1 Å². The number of benzene rings is 2. The Bertz CT molecular complexity index is 1070. The molecular weight excluding hydrogens is 426 g/mol. The lowest BCUT2D eigenvalue weighted by atomic mass is 9.88. The normalized spacial score (nSPS) is 15.1. The van der Waals surface area contributed by atoms with Gasteiger partial charge in [0.2, 0.25) is 15.9 Å². The van der Waals surface area contributed by atoms with E-state index in [0.717, 1.165) is 25.7 Å². The van der Waals surface area contributed by atoms with Gasteiger partial charge in [0, 0.05) is 28.5 Å². The summed E-state index contributed by atoms with van der Waals surface area (Å²) in [6.07, 6.45) is 5.21. The maximum absolute atomic E-state index is 12.6. The second-order valence-corrected chi connectivity index (χ2v) is 11.6. The van der Waals surface area contributed by atoms with E-state index in [1.165, 1.54) is 6.42 Å². The number of rotatable bonds is 6. The predicted octanol–water partition coefficient (Wildman–Crippen LogP) is 5.00. The van der Waals surface area contributed by atoms with Gasteiger partial charge < -0.3 is 10.6 Å². The van der Waals surface area contributed by atoms with Crippen LogP contribution in [0.2, 0.25) is 0 Å². The Morgan fingerprint density at radius 3 is 2.03 bits per heavy atom. The summed E-state index contributed by atoms with van der Waals surface area (Å²) in [6, 6.07) is 13.3. The number of anilines is 3. The zero-order chi connectivity index (χ0) is 23.4. The van der Waals surface area contributed by atoms with Crippen LogP contribution < -0.4 is 15.4 Å². The molecule has 7 nitrogen and oxygen atoms in total. The molecule has 0 aliphatic heterocycles. The third-order valence-corrected chi connectivity index (χ3v) is 7.69. The lowest BCUT2D eigenvalue weighted by Gasteiger charge is -2.21. The Morgan fingerprint density at radius 1 is 0.844 bits per heavy atom. The number of carbonyl (C=O) groups excluding carboxylic acids is 2. The zero-order valence-corrected chi connectivity index (χ0v) is 19.6. The molecule has 1 aliphatic carbocycles. The fraction of sp³-hybridized carbons (Fsp3) is 0.417. The standard InChI is InChI=1S/C24H31N3O4S/c1-24(2,3)32(30,31)27-19-14-12-18(13-15-19)23(29)26-21-11-7-10-20(16-21)25-22(28)17-8-5-4-6-9-17/h7,10-17,27H,4-6,8-9H2,1-3H3,(H,25,28)(H,26,29). The van der Waals surface area contributed by atoms with E-state index >= 15 is 0 Å². The summed E-state index contributed by atoms with van der Waals surface area (Å²) in [4.78, 5) is 25.1. The number of amides is 2.